The van der Waals surface area contributed by atoms with Crippen molar-refractivity contribution in [2.24, 2.45) is 5.92 Å². The van der Waals surface area contributed by atoms with Gasteiger partial charge in [-0.25, -0.2) is 0 Å². The molecule has 1 aromatic carbocycles. The average molecular weight is 348 g/mol. The molecular weight excluding hydrogens is 316 g/mol. The molecule has 0 bridgehead atoms. The zero-order valence-electron chi connectivity index (χ0n) is 15.7. The van der Waals surface area contributed by atoms with Crippen molar-refractivity contribution in [2.45, 2.75) is 71.8 Å². The van der Waals surface area contributed by atoms with Gasteiger partial charge in [-0.05, 0) is 24.3 Å². The Balaban J connectivity index is 2.18. The van der Waals surface area contributed by atoms with E-state index in [0.717, 1.165) is 24.8 Å². The fourth-order valence-corrected chi connectivity index (χ4v) is 2.70. The molecule has 1 atom stereocenters. The molecule has 0 radical (unpaired) electrons. The van der Waals surface area contributed by atoms with Crippen molar-refractivity contribution in [2.75, 3.05) is 6.61 Å². The first-order valence-electron chi connectivity index (χ1n) is 9.50. The van der Waals surface area contributed by atoms with Gasteiger partial charge in [-0.2, -0.15) is 0 Å². The van der Waals surface area contributed by atoms with Crippen molar-refractivity contribution in [3.63, 3.8) is 0 Å². The molecule has 0 aliphatic heterocycles. The summed E-state index contributed by atoms with van der Waals surface area (Å²) in [6, 6.07) is 9.50. The zero-order valence-corrected chi connectivity index (χ0v) is 15.7. The molecule has 0 fully saturated rings. The molecule has 1 rings (SSSR count). The first-order valence-corrected chi connectivity index (χ1v) is 9.50. The lowest BCUT2D eigenvalue weighted by Crippen LogP contribution is -2.16. The van der Waals surface area contributed by atoms with E-state index in [1.54, 1.807) is 0 Å². The highest BCUT2D eigenvalue weighted by atomic mass is 16.5. The quantitative estimate of drug-likeness (QED) is 0.370. The van der Waals surface area contributed by atoms with Crippen molar-refractivity contribution in [1.29, 1.82) is 0 Å². The monoisotopic (exact) mass is 348 g/mol. The van der Waals surface area contributed by atoms with Crippen LogP contribution < -0.4 is 0 Å². The molecule has 0 N–H and O–H groups in total. The summed E-state index contributed by atoms with van der Waals surface area (Å²) in [7, 11) is 0. The number of carbonyl (C=O) groups excluding carboxylic acids is 2. The SMILES string of the molecule is CCCCCC(CCC)COC(=O)CCC(=O)OCc1ccccc1. The van der Waals surface area contributed by atoms with E-state index >= 15 is 0 Å². The molecule has 0 heterocycles. The maximum Gasteiger partial charge on any atom is 0.306 e. The third-order valence-corrected chi connectivity index (χ3v) is 4.17. The number of carbonyl (C=O) groups is 2. The van der Waals surface area contributed by atoms with Crippen molar-refractivity contribution in [3.8, 4) is 0 Å². The van der Waals surface area contributed by atoms with Crippen LogP contribution in [0.3, 0.4) is 0 Å². The van der Waals surface area contributed by atoms with Gasteiger partial charge < -0.3 is 9.47 Å². The lowest BCUT2D eigenvalue weighted by atomic mass is 9.97. The predicted octanol–water partition coefficient (Wildman–Crippen LogP) is 5.05. The first-order chi connectivity index (χ1) is 12.2. The molecule has 4 nitrogen and oxygen atoms in total. The molecule has 1 unspecified atom stereocenters. The molecule has 0 aliphatic rings. The summed E-state index contributed by atoms with van der Waals surface area (Å²) in [6.45, 7) is 5.04. The summed E-state index contributed by atoms with van der Waals surface area (Å²) >= 11 is 0. The Labute approximate surface area is 151 Å². The maximum absolute atomic E-state index is 11.8. The van der Waals surface area contributed by atoms with Gasteiger partial charge in [0.25, 0.3) is 0 Å². The van der Waals surface area contributed by atoms with E-state index in [9.17, 15) is 9.59 Å². The summed E-state index contributed by atoms with van der Waals surface area (Å²) in [6.07, 6.45) is 7.04. The Morgan fingerprint density at radius 3 is 2.20 bits per heavy atom. The second kappa shape index (κ2) is 13.5. The molecule has 0 aliphatic carbocycles. The van der Waals surface area contributed by atoms with Gasteiger partial charge in [-0.15, -0.1) is 0 Å². The Hall–Kier alpha value is -1.84. The maximum atomic E-state index is 11.8. The Bertz CT molecular complexity index is 484. The minimum absolute atomic E-state index is 0.0694. The zero-order chi connectivity index (χ0) is 18.3. The molecule has 0 saturated heterocycles. The van der Waals surface area contributed by atoms with Gasteiger partial charge in [0, 0.05) is 0 Å². The highest BCUT2D eigenvalue weighted by Crippen LogP contribution is 2.16. The van der Waals surface area contributed by atoms with Crippen LogP contribution in [0.5, 0.6) is 0 Å². The minimum Gasteiger partial charge on any atom is -0.465 e. The molecule has 140 valence electrons. The van der Waals surface area contributed by atoms with Gasteiger partial charge in [0.2, 0.25) is 0 Å². The lowest BCUT2D eigenvalue weighted by molar-refractivity contribution is -0.151. The van der Waals surface area contributed by atoms with Gasteiger partial charge in [-0.1, -0.05) is 69.9 Å². The number of benzene rings is 1. The van der Waals surface area contributed by atoms with Crippen LogP contribution in [0.4, 0.5) is 0 Å². The fraction of sp³-hybridized carbons (Fsp3) is 0.619. The normalized spacial score (nSPS) is 11.8. The van der Waals surface area contributed by atoms with E-state index in [2.05, 4.69) is 13.8 Å². The number of ether oxygens (including phenoxy) is 2. The summed E-state index contributed by atoms with van der Waals surface area (Å²) in [5.41, 5.74) is 0.938. The predicted molar refractivity (Wildman–Crippen MR) is 99.0 cm³/mol. The standard InChI is InChI=1S/C21H32O4/c1-3-5-7-11-18(10-4-2)16-24-20(22)14-15-21(23)25-17-19-12-8-6-9-13-19/h6,8-9,12-13,18H,3-5,7,10-11,14-17H2,1-2H3. The van der Waals surface area contributed by atoms with E-state index in [1.807, 2.05) is 30.3 Å². The summed E-state index contributed by atoms with van der Waals surface area (Å²) in [5.74, 6) is -0.243. The van der Waals surface area contributed by atoms with Crippen LogP contribution >= 0.6 is 0 Å². The summed E-state index contributed by atoms with van der Waals surface area (Å²) in [4.78, 5) is 23.5. The highest BCUT2D eigenvalue weighted by molar-refractivity contribution is 5.77. The first kappa shape index (κ1) is 21.2. The second-order valence-electron chi connectivity index (χ2n) is 6.48. The minimum atomic E-state index is -0.367. The molecule has 0 spiro atoms. The number of esters is 2. The van der Waals surface area contributed by atoms with Gasteiger partial charge >= 0.3 is 11.9 Å². The van der Waals surface area contributed by atoms with Crippen LogP contribution in [-0.4, -0.2) is 18.5 Å². The summed E-state index contributed by atoms with van der Waals surface area (Å²) < 4.78 is 10.5. The van der Waals surface area contributed by atoms with Crippen molar-refractivity contribution in [3.05, 3.63) is 35.9 Å². The molecule has 4 heteroatoms. The highest BCUT2D eigenvalue weighted by Gasteiger charge is 2.13. The largest absolute Gasteiger partial charge is 0.465 e. The third-order valence-electron chi connectivity index (χ3n) is 4.17. The molecule has 0 saturated carbocycles. The Morgan fingerprint density at radius 1 is 0.880 bits per heavy atom. The van der Waals surface area contributed by atoms with E-state index in [4.69, 9.17) is 9.47 Å². The topological polar surface area (TPSA) is 52.6 Å². The van der Waals surface area contributed by atoms with E-state index < -0.39 is 0 Å². The Kier molecular flexibility index (Phi) is 11.4. The molecule has 0 amide bonds. The fourth-order valence-electron chi connectivity index (χ4n) is 2.70. The number of rotatable bonds is 13. The van der Waals surface area contributed by atoms with Crippen LogP contribution in [0.1, 0.15) is 70.8 Å². The average Bonchev–Trinajstić information content (AvgIpc) is 2.63. The molecular formula is C21H32O4. The van der Waals surface area contributed by atoms with Crippen LogP contribution in [0.2, 0.25) is 0 Å². The van der Waals surface area contributed by atoms with Crippen LogP contribution in [0, 0.1) is 5.92 Å². The number of hydrogen-bond acceptors (Lipinski definition) is 4. The van der Waals surface area contributed by atoms with Gasteiger partial charge in [0.05, 0.1) is 19.4 Å². The van der Waals surface area contributed by atoms with E-state index in [1.165, 1.54) is 19.3 Å². The third kappa shape index (κ3) is 10.6. The molecule has 1 aromatic rings. The summed E-state index contributed by atoms with van der Waals surface area (Å²) in [5, 5.41) is 0. The lowest BCUT2D eigenvalue weighted by Gasteiger charge is -2.16. The van der Waals surface area contributed by atoms with Crippen LogP contribution in [0.25, 0.3) is 0 Å². The number of unbranched alkanes of at least 4 members (excludes halogenated alkanes) is 2. The number of hydrogen-bond donors (Lipinski definition) is 0. The second-order valence-corrected chi connectivity index (χ2v) is 6.48. The van der Waals surface area contributed by atoms with Gasteiger partial charge in [0.15, 0.2) is 0 Å². The van der Waals surface area contributed by atoms with Gasteiger partial charge in [-0.3, -0.25) is 9.59 Å². The van der Waals surface area contributed by atoms with Gasteiger partial charge in [0.1, 0.15) is 6.61 Å². The molecule has 25 heavy (non-hydrogen) atoms. The van der Waals surface area contributed by atoms with E-state index in [-0.39, 0.29) is 31.4 Å². The van der Waals surface area contributed by atoms with Crippen molar-refractivity contribution < 1.29 is 19.1 Å². The Morgan fingerprint density at radius 2 is 1.56 bits per heavy atom. The van der Waals surface area contributed by atoms with Crippen molar-refractivity contribution in [1.82, 2.24) is 0 Å². The smallest absolute Gasteiger partial charge is 0.306 e. The van der Waals surface area contributed by atoms with Crippen molar-refractivity contribution >= 4 is 11.9 Å². The van der Waals surface area contributed by atoms with E-state index in [0.29, 0.717) is 12.5 Å². The van der Waals surface area contributed by atoms with Crippen LogP contribution in [-0.2, 0) is 25.7 Å². The van der Waals surface area contributed by atoms with Crippen LogP contribution in [0.15, 0.2) is 30.3 Å². The molecule has 0 aromatic heterocycles.